The monoisotopic (exact) mass is 286 g/mol. The van der Waals surface area contributed by atoms with E-state index in [0.717, 1.165) is 5.69 Å². The second-order valence-corrected chi connectivity index (χ2v) is 5.33. The highest BCUT2D eigenvalue weighted by molar-refractivity contribution is 5.75. The summed E-state index contributed by atoms with van der Waals surface area (Å²) in [5, 5.41) is 10.2. The molecular weight excluding hydrogens is 264 g/mol. The van der Waals surface area contributed by atoms with E-state index in [4.69, 9.17) is 0 Å². The second-order valence-electron chi connectivity index (χ2n) is 5.33. The van der Waals surface area contributed by atoms with Gasteiger partial charge < -0.3 is 10.6 Å². The highest BCUT2D eigenvalue weighted by Gasteiger charge is 2.10. The van der Waals surface area contributed by atoms with Crippen LogP contribution in [-0.4, -0.2) is 22.7 Å². The molecule has 1 aromatic heterocycles. The highest BCUT2D eigenvalue weighted by Crippen LogP contribution is 2.22. The van der Waals surface area contributed by atoms with Gasteiger partial charge in [-0.25, -0.2) is 0 Å². The van der Waals surface area contributed by atoms with Gasteiger partial charge in [0.1, 0.15) is 6.54 Å². The second kappa shape index (κ2) is 6.43. The minimum atomic E-state index is -0.0629. The Hall–Kier alpha value is -2.30. The van der Waals surface area contributed by atoms with Crippen molar-refractivity contribution in [2.24, 2.45) is 0 Å². The summed E-state index contributed by atoms with van der Waals surface area (Å²) in [7, 11) is 1.62. The number of nitrogens with one attached hydrogen (secondary N) is 2. The predicted molar refractivity (Wildman–Crippen MR) is 84.2 cm³/mol. The van der Waals surface area contributed by atoms with Gasteiger partial charge in [0.25, 0.3) is 0 Å². The number of benzene rings is 1. The fourth-order valence-electron chi connectivity index (χ4n) is 2.39. The summed E-state index contributed by atoms with van der Waals surface area (Å²) in [6.07, 6.45) is 3.58. The summed E-state index contributed by atoms with van der Waals surface area (Å²) in [6.45, 7) is 6.57. The normalized spacial score (nSPS) is 12.0. The average Bonchev–Trinajstić information content (AvgIpc) is 2.85. The average molecular weight is 286 g/mol. The molecular formula is C16H22N4O. The summed E-state index contributed by atoms with van der Waals surface area (Å²) in [4.78, 5) is 11.3. The Morgan fingerprint density at radius 2 is 2.14 bits per heavy atom. The molecule has 0 spiro atoms. The van der Waals surface area contributed by atoms with Crippen molar-refractivity contribution in [1.29, 1.82) is 0 Å². The third-order valence-corrected chi connectivity index (χ3v) is 3.49. The molecule has 2 N–H and O–H groups in total. The van der Waals surface area contributed by atoms with Crippen LogP contribution in [0.25, 0.3) is 0 Å². The van der Waals surface area contributed by atoms with Crippen molar-refractivity contribution in [3.8, 4) is 0 Å². The fourth-order valence-corrected chi connectivity index (χ4v) is 2.39. The van der Waals surface area contributed by atoms with Gasteiger partial charge in [-0.05, 0) is 31.9 Å². The van der Waals surface area contributed by atoms with E-state index in [-0.39, 0.29) is 18.5 Å². The van der Waals surface area contributed by atoms with E-state index in [9.17, 15) is 4.79 Å². The third kappa shape index (κ3) is 3.84. The molecule has 1 amide bonds. The van der Waals surface area contributed by atoms with Gasteiger partial charge in [0.05, 0.1) is 11.9 Å². The number of rotatable bonds is 5. The van der Waals surface area contributed by atoms with Gasteiger partial charge in [0.2, 0.25) is 5.91 Å². The molecule has 0 bridgehead atoms. The lowest BCUT2D eigenvalue weighted by molar-refractivity contribution is -0.121. The lowest BCUT2D eigenvalue weighted by Crippen LogP contribution is -2.23. The number of aryl methyl sites for hydroxylation is 2. The topological polar surface area (TPSA) is 59.0 Å². The van der Waals surface area contributed by atoms with Crippen molar-refractivity contribution in [3.05, 3.63) is 47.3 Å². The molecule has 0 aliphatic carbocycles. The molecule has 5 nitrogen and oxygen atoms in total. The fraction of sp³-hybridized carbons (Fsp3) is 0.375. The number of amides is 1. The first-order valence-corrected chi connectivity index (χ1v) is 7.06. The quantitative estimate of drug-likeness (QED) is 0.887. The third-order valence-electron chi connectivity index (χ3n) is 3.49. The summed E-state index contributed by atoms with van der Waals surface area (Å²) < 4.78 is 1.62. The SMILES string of the molecule is CNC(=O)Cn1cc(NC(C)c2ccc(C)cc2C)cn1. The van der Waals surface area contributed by atoms with Gasteiger partial charge in [-0.15, -0.1) is 0 Å². The zero-order valence-corrected chi connectivity index (χ0v) is 13.0. The molecule has 1 atom stereocenters. The Labute approximate surface area is 125 Å². The van der Waals surface area contributed by atoms with Crippen LogP contribution < -0.4 is 10.6 Å². The molecule has 21 heavy (non-hydrogen) atoms. The maximum atomic E-state index is 11.3. The zero-order valence-electron chi connectivity index (χ0n) is 13.0. The molecule has 0 aliphatic rings. The Bertz CT molecular complexity index is 633. The minimum absolute atomic E-state index is 0.0629. The van der Waals surface area contributed by atoms with Crippen LogP contribution in [0.4, 0.5) is 5.69 Å². The number of anilines is 1. The zero-order chi connectivity index (χ0) is 15.4. The first kappa shape index (κ1) is 15.1. The lowest BCUT2D eigenvalue weighted by atomic mass is 10.0. The number of nitrogens with zero attached hydrogens (tertiary/aromatic N) is 2. The molecule has 0 saturated carbocycles. The van der Waals surface area contributed by atoms with E-state index in [1.54, 1.807) is 17.9 Å². The van der Waals surface area contributed by atoms with Gasteiger partial charge in [0.15, 0.2) is 0 Å². The van der Waals surface area contributed by atoms with Gasteiger partial charge in [-0.1, -0.05) is 23.8 Å². The van der Waals surface area contributed by atoms with Crippen LogP contribution >= 0.6 is 0 Å². The van der Waals surface area contributed by atoms with E-state index < -0.39 is 0 Å². The van der Waals surface area contributed by atoms with Gasteiger partial charge in [-0.2, -0.15) is 5.10 Å². The molecule has 0 radical (unpaired) electrons. The first-order valence-electron chi connectivity index (χ1n) is 7.06. The standard InChI is InChI=1S/C16H22N4O/c1-11-5-6-15(12(2)7-11)13(3)19-14-8-18-20(9-14)10-16(21)17-4/h5-9,13,19H,10H2,1-4H3,(H,17,21). The predicted octanol–water partition coefficient (Wildman–Crippen LogP) is 2.42. The molecule has 0 saturated heterocycles. The number of aromatic nitrogens is 2. The molecule has 1 unspecified atom stereocenters. The maximum Gasteiger partial charge on any atom is 0.241 e. The van der Waals surface area contributed by atoms with Crippen molar-refractivity contribution in [3.63, 3.8) is 0 Å². The van der Waals surface area contributed by atoms with Crippen molar-refractivity contribution < 1.29 is 4.79 Å². The summed E-state index contributed by atoms with van der Waals surface area (Å²) in [5.41, 5.74) is 4.71. The van der Waals surface area contributed by atoms with Crippen LogP contribution in [0.5, 0.6) is 0 Å². The van der Waals surface area contributed by atoms with Crippen LogP contribution in [0.3, 0.4) is 0 Å². The van der Waals surface area contributed by atoms with Gasteiger partial charge in [0, 0.05) is 19.3 Å². The molecule has 0 fully saturated rings. The number of carbonyl (C=O) groups is 1. The Kier molecular flexibility index (Phi) is 4.62. The highest BCUT2D eigenvalue weighted by atomic mass is 16.1. The molecule has 2 rings (SSSR count). The summed E-state index contributed by atoms with van der Waals surface area (Å²) in [6, 6.07) is 6.64. The van der Waals surface area contributed by atoms with E-state index in [1.165, 1.54) is 16.7 Å². The Balaban J connectivity index is 2.05. The van der Waals surface area contributed by atoms with Crippen molar-refractivity contribution in [1.82, 2.24) is 15.1 Å². The van der Waals surface area contributed by atoms with Crippen molar-refractivity contribution in [2.45, 2.75) is 33.4 Å². The lowest BCUT2D eigenvalue weighted by Gasteiger charge is -2.17. The first-order chi connectivity index (χ1) is 9.99. The number of carbonyl (C=O) groups excluding carboxylic acids is 1. The molecule has 5 heteroatoms. The van der Waals surface area contributed by atoms with E-state index in [0.29, 0.717) is 0 Å². The van der Waals surface area contributed by atoms with Gasteiger partial charge in [-0.3, -0.25) is 9.48 Å². The van der Waals surface area contributed by atoms with Crippen LogP contribution in [0, 0.1) is 13.8 Å². The number of hydrogen-bond acceptors (Lipinski definition) is 3. The van der Waals surface area contributed by atoms with Crippen LogP contribution in [-0.2, 0) is 11.3 Å². The van der Waals surface area contributed by atoms with Crippen molar-refractivity contribution >= 4 is 11.6 Å². The molecule has 112 valence electrons. The molecule has 0 aliphatic heterocycles. The van der Waals surface area contributed by atoms with E-state index >= 15 is 0 Å². The van der Waals surface area contributed by atoms with Crippen LogP contribution in [0.1, 0.15) is 29.7 Å². The largest absolute Gasteiger partial charge is 0.376 e. The van der Waals surface area contributed by atoms with Crippen LogP contribution in [0.2, 0.25) is 0 Å². The summed E-state index contributed by atoms with van der Waals surface area (Å²) >= 11 is 0. The van der Waals surface area contributed by atoms with E-state index in [2.05, 4.69) is 54.7 Å². The summed E-state index contributed by atoms with van der Waals surface area (Å²) in [5.74, 6) is -0.0629. The molecule has 2 aromatic rings. The molecule has 1 aromatic carbocycles. The Morgan fingerprint density at radius 3 is 2.81 bits per heavy atom. The minimum Gasteiger partial charge on any atom is -0.376 e. The number of hydrogen-bond donors (Lipinski definition) is 2. The molecule has 1 heterocycles. The smallest absolute Gasteiger partial charge is 0.241 e. The van der Waals surface area contributed by atoms with Crippen LogP contribution in [0.15, 0.2) is 30.6 Å². The maximum absolute atomic E-state index is 11.3. The Morgan fingerprint density at radius 1 is 1.38 bits per heavy atom. The van der Waals surface area contributed by atoms with Gasteiger partial charge >= 0.3 is 0 Å². The van der Waals surface area contributed by atoms with E-state index in [1.807, 2.05) is 6.20 Å². The number of likely N-dealkylation sites (N-methyl/N-ethyl adjacent to an activating group) is 1. The van der Waals surface area contributed by atoms with Crippen molar-refractivity contribution in [2.75, 3.05) is 12.4 Å².